The van der Waals surface area contributed by atoms with E-state index in [2.05, 4.69) is 26.8 Å². The number of hydrogen-bond donors (Lipinski definition) is 0. The number of alkyl halides is 1. The van der Waals surface area contributed by atoms with Gasteiger partial charge in [-0.15, -0.1) is 11.6 Å². The highest BCUT2D eigenvalue weighted by molar-refractivity contribution is 6.31. The Morgan fingerprint density at radius 2 is 2.16 bits per heavy atom. The second-order valence-electron chi connectivity index (χ2n) is 6.98. The summed E-state index contributed by atoms with van der Waals surface area (Å²) < 4.78 is 0. The molecule has 1 fully saturated rings. The molecule has 0 bridgehead atoms. The normalized spacial score (nSPS) is 27.6. The Morgan fingerprint density at radius 1 is 1.53 bits per heavy atom. The van der Waals surface area contributed by atoms with Crippen LogP contribution in [-0.4, -0.2) is 28.8 Å². The number of amides is 1. The molecule has 2 aliphatic carbocycles. The average Bonchev–Trinajstić information content (AvgIpc) is 3.10. The highest BCUT2D eigenvalue weighted by Gasteiger charge is 2.39. The van der Waals surface area contributed by atoms with Crippen LogP contribution in [0.2, 0.25) is 0 Å². The van der Waals surface area contributed by atoms with Gasteiger partial charge in [0.25, 0.3) is 0 Å². The number of rotatable bonds is 4. The monoisotopic (exact) mass is 283 g/mol. The van der Waals surface area contributed by atoms with Gasteiger partial charge in [-0.05, 0) is 44.9 Å². The molecule has 1 amide bonds. The van der Waals surface area contributed by atoms with Gasteiger partial charge in [0.1, 0.15) is 5.38 Å². The fraction of sp³-hybridized carbons (Fsp3) is 0.812. The molecule has 0 aliphatic heterocycles. The summed E-state index contributed by atoms with van der Waals surface area (Å²) in [6.07, 6.45) is 6.64. The Morgan fingerprint density at radius 3 is 2.63 bits per heavy atom. The van der Waals surface area contributed by atoms with Crippen LogP contribution in [0.3, 0.4) is 0 Å². The second kappa shape index (κ2) is 5.47. The number of allylic oxidation sites excluding steroid dienone is 2. The Kier molecular flexibility index (Phi) is 4.29. The van der Waals surface area contributed by atoms with Gasteiger partial charge in [0.2, 0.25) is 5.91 Å². The molecule has 2 unspecified atom stereocenters. The average molecular weight is 284 g/mol. The van der Waals surface area contributed by atoms with Crippen LogP contribution in [0.1, 0.15) is 53.4 Å². The van der Waals surface area contributed by atoms with E-state index in [1.807, 2.05) is 11.8 Å². The summed E-state index contributed by atoms with van der Waals surface area (Å²) in [5.41, 5.74) is 1.63. The third-order valence-electron chi connectivity index (χ3n) is 4.27. The van der Waals surface area contributed by atoms with Crippen molar-refractivity contribution < 1.29 is 4.79 Å². The Balaban J connectivity index is 2.08. The zero-order valence-corrected chi connectivity index (χ0v) is 13.3. The highest BCUT2D eigenvalue weighted by Crippen LogP contribution is 2.41. The molecule has 2 rings (SSSR count). The van der Waals surface area contributed by atoms with Crippen LogP contribution in [0.25, 0.3) is 0 Å². The van der Waals surface area contributed by atoms with Gasteiger partial charge >= 0.3 is 0 Å². The van der Waals surface area contributed by atoms with Crippen molar-refractivity contribution in [2.75, 3.05) is 6.54 Å². The number of carbonyl (C=O) groups excluding carboxylic acids is 1. The van der Waals surface area contributed by atoms with Crippen LogP contribution in [0, 0.1) is 11.3 Å². The zero-order valence-electron chi connectivity index (χ0n) is 12.6. The number of carbonyl (C=O) groups is 1. The van der Waals surface area contributed by atoms with Crippen molar-refractivity contribution in [3.05, 3.63) is 11.6 Å². The molecular formula is C16H26ClNO. The van der Waals surface area contributed by atoms with E-state index in [0.717, 1.165) is 32.2 Å². The fourth-order valence-electron chi connectivity index (χ4n) is 3.46. The van der Waals surface area contributed by atoms with Crippen molar-refractivity contribution in [3.63, 3.8) is 0 Å². The van der Waals surface area contributed by atoms with E-state index in [9.17, 15) is 4.79 Å². The summed E-state index contributed by atoms with van der Waals surface area (Å²) in [7, 11) is 0. The van der Waals surface area contributed by atoms with E-state index in [1.165, 1.54) is 5.57 Å². The number of hydrogen-bond acceptors (Lipinski definition) is 1. The molecular weight excluding hydrogens is 258 g/mol. The van der Waals surface area contributed by atoms with Crippen LogP contribution in [-0.2, 0) is 4.79 Å². The van der Waals surface area contributed by atoms with Gasteiger partial charge in [0.05, 0.1) is 0 Å². The largest absolute Gasteiger partial charge is 0.339 e. The van der Waals surface area contributed by atoms with Gasteiger partial charge in [0, 0.05) is 18.5 Å². The van der Waals surface area contributed by atoms with E-state index >= 15 is 0 Å². The maximum atomic E-state index is 12.5. The first-order chi connectivity index (χ1) is 8.84. The predicted octanol–water partition coefficient (Wildman–Crippen LogP) is 3.99. The minimum Gasteiger partial charge on any atom is -0.339 e. The smallest absolute Gasteiger partial charge is 0.241 e. The quantitative estimate of drug-likeness (QED) is 0.564. The van der Waals surface area contributed by atoms with Gasteiger partial charge in [0.15, 0.2) is 0 Å². The molecule has 2 nitrogen and oxygen atoms in total. The standard InChI is InChI=1S/C16H26ClNO/c1-5-18(13-6-7-13)15(19)14(17)12-8-11(2)9-16(3,4)10-12/h8,12-14H,5-7,9-10H2,1-4H3. The van der Waals surface area contributed by atoms with Crippen molar-refractivity contribution in [2.45, 2.75) is 64.8 Å². The molecule has 0 saturated heterocycles. The van der Waals surface area contributed by atoms with E-state index in [0.29, 0.717) is 6.04 Å². The van der Waals surface area contributed by atoms with Gasteiger partial charge in [-0.25, -0.2) is 0 Å². The molecule has 0 spiro atoms. The van der Waals surface area contributed by atoms with Crippen LogP contribution in [0.4, 0.5) is 0 Å². The highest BCUT2D eigenvalue weighted by atomic mass is 35.5. The molecule has 2 aliphatic rings. The third-order valence-corrected chi connectivity index (χ3v) is 4.78. The molecule has 0 aromatic heterocycles. The van der Waals surface area contributed by atoms with Crippen LogP contribution >= 0.6 is 11.6 Å². The van der Waals surface area contributed by atoms with Gasteiger partial charge in [-0.1, -0.05) is 25.5 Å². The van der Waals surface area contributed by atoms with Crippen molar-refractivity contribution in [1.29, 1.82) is 0 Å². The summed E-state index contributed by atoms with van der Waals surface area (Å²) >= 11 is 6.51. The lowest BCUT2D eigenvalue weighted by molar-refractivity contribution is -0.132. The summed E-state index contributed by atoms with van der Waals surface area (Å²) in [4.78, 5) is 14.5. The lowest BCUT2D eigenvalue weighted by Gasteiger charge is -2.36. The molecule has 0 heterocycles. The summed E-state index contributed by atoms with van der Waals surface area (Å²) in [5, 5.41) is -0.393. The Bertz CT molecular complexity index is 384. The molecule has 3 heteroatoms. The van der Waals surface area contributed by atoms with Gasteiger partial charge < -0.3 is 4.90 Å². The Labute approximate surface area is 122 Å². The second-order valence-corrected chi connectivity index (χ2v) is 7.45. The molecule has 0 aromatic carbocycles. The lowest BCUT2D eigenvalue weighted by atomic mass is 9.72. The lowest BCUT2D eigenvalue weighted by Crippen LogP contribution is -2.42. The Hall–Kier alpha value is -0.500. The van der Waals surface area contributed by atoms with E-state index in [4.69, 9.17) is 11.6 Å². The first kappa shape index (κ1) is 14.9. The van der Waals surface area contributed by atoms with Gasteiger partial charge in [-0.3, -0.25) is 4.79 Å². The van der Waals surface area contributed by atoms with Crippen molar-refractivity contribution in [3.8, 4) is 0 Å². The van der Waals surface area contributed by atoms with E-state index < -0.39 is 5.38 Å². The molecule has 2 atom stereocenters. The molecule has 0 radical (unpaired) electrons. The first-order valence-corrected chi connectivity index (χ1v) is 7.89. The third kappa shape index (κ3) is 3.53. The van der Waals surface area contributed by atoms with Gasteiger partial charge in [-0.2, -0.15) is 0 Å². The summed E-state index contributed by atoms with van der Waals surface area (Å²) in [6.45, 7) is 9.52. The zero-order chi connectivity index (χ0) is 14.2. The maximum Gasteiger partial charge on any atom is 0.241 e. The first-order valence-electron chi connectivity index (χ1n) is 7.46. The van der Waals surface area contributed by atoms with Crippen molar-refractivity contribution >= 4 is 17.5 Å². The maximum absolute atomic E-state index is 12.5. The van der Waals surface area contributed by atoms with Crippen molar-refractivity contribution in [1.82, 2.24) is 4.90 Å². The fourth-order valence-corrected chi connectivity index (χ4v) is 3.75. The molecule has 0 N–H and O–H groups in total. The SMILES string of the molecule is CCN(C(=O)C(Cl)C1C=C(C)CC(C)(C)C1)C1CC1. The van der Waals surface area contributed by atoms with Crippen LogP contribution in [0.5, 0.6) is 0 Å². The van der Waals surface area contributed by atoms with Crippen LogP contribution < -0.4 is 0 Å². The summed E-state index contributed by atoms with van der Waals surface area (Å²) in [5.74, 6) is 0.323. The van der Waals surface area contributed by atoms with E-state index in [1.54, 1.807) is 0 Å². The number of halogens is 1. The van der Waals surface area contributed by atoms with E-state index in [-0.39, 0.29) is 17.2 Å². The molecule has 0 aromatic rings. The van der Waals surface area contributed by atoms with Crippen LogP contribution in [0.15, 0.2) is 11.6 Å². The number of nitrogens with zero attached hydrogens (tertiary/aromatic N) is 1. The molecule has 19 heavy (non-hydrogen) atoms. The predicted molar refractivity (Wildman–Crippen MR) is 80.3 cm³/mol. The topological polar surface area (TPSA) is 20.3 Å². The molecule has 1 saturated carbocycles. The molecule has 108 valence electrons. The minimum atomic E-state index is -0.393. The minimum absolute atomic E-state index is 0.137. The van der Waals surface area contributed by atoms with Crippen molar-refractivity contribution in [2.24, 2.45) is 11.3 Å². The summed E-state index contributed by atoms with van der Waals surface area (Å²) in [6, 6.07) is 0.459.